The summed E-state index contributed by atoms with van der Waals surface area (Å²) in [5.74, 6) is 1.01. The molecular weight excluding hydrogens is 336 g/mol. The van der Waals surface area contributed by atoms with Gasteiger partial charge in [-0.3, -0.25) is 4.68 Å². The van der Waals surface area contributed by atoms with Crippen molar-refractivity contribution in [3.63, 3.8) is 0 Å². The first kappa shape index (κ1) is 13.6. The Labute approximate surface area is 130 Å². The molecule has 0 aliphatic rings. The van der Waals surface area contributed by atoms with Gasteiger partial charge in [-0.05, 0) is 33.8 Å². The molecule has 3 heterocycles. The number of imidazole rings is 1. The van der Waals surface area contributed by atoms with Crippen LogP contribution in [0.15, 0.2) is 34.4 Å². The molecule has 0 aromatic carbocycles. The van der Waals surface area contributed by atoms with E-state index in [-0.39, 0.29) is 0 Å². The number of halogens is 1. The number of hydrogen-bond acceptors (Lipinski definition) is 3. The summed E-state index contributed by atoms with van der Waals surface area (Å²) in [6.45, 7) is 2.88. The predicted molar refractivity (Wildman–Crippen MR) is 84.9 cm³/mol. The average molecular weight is 351 g/mol. The quantitative estimate of drug-likeness (QED) is 0.718. The van der Waals surface area contributed by atoms with E-state index in [1.165, 1.54) is 4.88 Å². The van der Waals surface area contributed by atoms with E-state index in [4.69, 9.17) is 0 Å². The second-order valence-electron chi connectivity index (χ2n) is 4.54. The molecule has 20 heavy (non-hydrogen) atoms. The van der Waals surface area contributed by atoms with Gasteiger partial charge < -0.3 is 4.57 Å². The monoisotopic (exact) mass is 350 g/mol. The lowest BCUT2D eigenvalue weighted by Gasteiger charge is -2.07. The van der Waals surface area contributed by atoms with Crippen LogP contribution in [-0.2, 0) is 20.0 Å². The van der Waals surface area contributed by atoms with Crippen LogP contribution < -0.4 is 0 Å². The van der Waals surface area contributed by atoms with Crippen LogP contribution in [0.3, 0.4) is 0 Å². The van der Waals surface area contributed by atoms with Crippen LogP contribution in [0.4, 0.5) is 0 Å². The summed E-state index contributed by atoms with van der Waals surface area (Å²) in [5.41, 5.74) is 2.26. The van der Waals surface area contributed by atoms with Crippen LogP contribution in [-0.4, -0.2) is 19.3 Å². The van der Waals surface area contributed by atoms with Gasteiger partial charge in [-0.25, -0.2) is 4.98 Å². The highest BCUT2D eigenvalue weighted by molar-refractivity contribution is 9.10. The Morgan fingerprint density at radius 2 is 2.25 bits per heavy atom. The predicted octanol–water partition coefficient (Wildman–Crippen LogP) is 3.72. The van der Waals surface area contributed by atoms with Crippen molar-refractivity contribution in [2.75, 3.05) is 0 Å². The molecule has 104 valence electrons. The molecule has 0 aliphatic carbocycles. The molecule has 3 aromatic heterocycles. The number of aryl methyl sites for hydroxylation is 2. The summed E-state index contributed by atoms with van der Waals surface area (Å²) in [7, 11) is 1.99. The maximum absolute atomic E-state index is 4.54. The molecule has 3 rings (SSSR count). The van der Waals surface area contributed by atoms with Gasteiger partial charge in [0, 0.05) is 19.4 Å². The molecule has 6 heteroatoms. The molecule has 0 radical (unpaired) electrons. The minimum atomic E-state index is 0.761. The Morgan fingerprint density at radius 1 is 1.40 bits per heavy atom. The lowest BCUT2D eigenvalue weighted by molar-refractivity contribution is 0.662. The Hall–Kier alpha value is -1.40. The summed E-state index contributed by atoms with van der Waals surface area (Å²) >= 11 is 5.37. The van der Waals surface area contributed by atoms with Gasteiger partial charge in [-0.2, -0.15) is 5.10 Å². The van der Waals surface area contributed by atoms with Crippen LogP contribution in [0.1, 0.15) is 18.3 Å². The smallest absolute Gasteiger partial charge is 0.150 e. The van der Waals surface area contributed by atoms with E-state index in [1.54, 1.807) is 11.3 Å². The third-order valence-electron chi connectivity index (χ3n) is 3.28. The highest BCUT2D eigenvalue weighted by Crippen LogP contribution is 2.26. The first-order chi connectivity index (χ1) is 9.70. The summed E-state index contributed by atoms with van der Waals surface area (Å²) < 4.78 is 5.21. The fourth-order valence-electron chi connectivity index (χ4n) is 2.22. The Kier molecular flexibility index (Phi) is 3.76. The van der Waals surface area contributed by atoms with Crippen molar-refractivity contribution in [2.24, 2.45) is 7.05 Å². The van der Waals surface area contributed by atoms with Crippen LogP contribution in [0.5, 0.6) is 0 Å². The Morgan fingerprint density at radius 3 is 2.90 bits per heavy atom. The number of thiophene rings is 1. The van der Waals surface area contributed by atoms with E-state index < -0.39 is 0 Å². The van der Waals surface area contributed by atoms with Gasteiger partial charge in [-0.1, -0.05) is 13.0 Å². The molecule has 0 amide bonds. The minimum absolute atomic E-state index is 0.761. The molecule has 4 nitrogen and oxygen atoms in total. The van der Waals surface area contributed by atoms with Crippen molar-refractivity contribution in [3.8, 4) is 10.7 Å². The maximum atomic E-state index is 4.54. The molecule has 0 bridgehead atoms. The third-order valence-corrected chi connectivity index (χ3v) is 5.06. The van der Waals surface area contributed by atoms with Gasteiger partial charge >= 0.3 is 0 Å². The molecule has 0 N–H and O–H groups in total. The number of rotatable bonds is 4. The van der Waals surface area contributed by atoms with E-state index >= 15 is 0 Å². The fraction of sp³-hybridized carbons (Fsp3) is 0.286. The van der Waals surface area contributed by atoms with Gasteiger partial charge in [0.05, 0.1) is 27.3 Å². The van der Waals surface area contributed by atoms with Crippen LogP contribution >= 0.6 is 27.3 Å². The summed E-state index contributed by atoms with van der Waals surface area (Å²) in [6, 6.07) is 4.15. The van der Waals surface area contributed by atoms with E-state index in [1.807, 2.05) is 30.2 Å². The fourth-order valence-corrected chi connectivity index (χ4v) is 3.70. The normalized spacial score (nSPS) is 11.2. The van der Waals surface area contributed by atoms with E-state index in [0.717, 1.165) is 34.7 Å². The lowest BCUT2D eigenvalue weighted by atomic mass is 10.3. The molecule has 0 atom stereocenters. The second kappa shape index (κ2) is 5.54. The first-order valence-electron chi connectivity index (χ1n) is 6.46. The highest BCUT2D eigenvalue weighted by Gasteiger charge is 2.15. The highest BCUT2D eigenvalue weighted by atomic mass is 79.9. The molecule has 3 aromatic rings. The van der Waals surface area contributed by atoms with Gasteiger partial charge in [-0.15, -0.1) is 11.3 Å². The minimum Gasteiger partial charge on any atom is -0.324 e. The van der Waals surface area contributed by atoms with Crippen LogP contribution in [0.25, 0.3) is 10.7 Å². The lowest BCUT2D eigenvalue weighted by Crippen LogP contribution is -2.06. The summed E-state index contributed by atoms with van der Waals surface area (Å²) in [5, 5.41) is 6.61. The van der Waals surface area contributed by atoms with E-state index in [9.17, 15) is 0 Å². The van der Waals surface area contributed by atoms with Crippen molar-refractivity contribution >= 4 is 27.3 Å². The number of nitrogens with zero attached hydrogens (tertiary/aromatic N) is 4. The van der Waals surface area contributed by atoms with Gasteiger partial charge in [0.15, 0.2) is 0 Å². The molecule has 0 saturated carbocycles. The van der Waals surface area contributed by atoms with E-state index in [2.05, 4.69) is 48.9 Å². The standard InChI is InChI=1S/C14H15BrN4S/c1-3-10-13(15)11(18(2)17-10)9-19-7-6-16-14(19)12-5-4-8-20-12/h4-8H,3,9H2,1-2H3. The largest absolute Gasteiger partial charge is 0.324 e. The summed E-state index contributed by atoms with van der Waals surface area (Å²) in [4.78, 5) is 5.65. The number of hydrogen-bond donors (Lipinski definition) is 0. The van der Waals surface area contributed by atoms with E-state index in [0.29, 0.717) is 0 Å². The van der Waals surface area contributed by atoms with Crippen LogP contribution in [0.2, 0.25) is 0 Å². The average Bonchev–Trinajstić information content (AvgIpc) is 3.14. The van der Waals surface area contributed by atoms with Crippen molar-refractivity contribution in [1.82, 2.24) is 19.3 Å². The van der Waals surface area contributed by atoms with Gasteiger partial charge in [0.2, 0.25) is 0 Å². The summed E-state index contributed by atoms with van der Waals surface area (Å²) in [6.07, 6.45) is 4.79. The molecular formula is C14H15BrN4S. The zero-order valence-corrected chi connectivity index (χ0v) is 13.8. The molecule has 0 saturated heterocycles. The Bertz CT molecular complexity index is 712. The third kappa shape index (κ3) is 2.33. The molecule has 0 aliphatic heterocycles. The van der Waals surface area contributed by atoms with Crippen LogP contribution in [0, 0.1) is 0 Å². The Balaban J connectivity index is 1.97. The first-order valence-corrected chi connectivity index (χ1v) is 8.13. The van der Waals surface area contributed by atoms with Gasteiger partial charge in [0.1, 0.15) is 5.82 Å². The maximum Gasteiger partial charge on any atom is 0.150 e. The van der Waals surface area contributed by atoms with Crippen molar-refractivity contribution in [1.29, 1.82) is 0 Å². The van der Waals surface area contributed by atoms with Gasteiger partial charge in [0.25, 0.3) is 0 Å². The zero-order chi connectivity index (χ0) is 14.1. The second-order valence-corrected chi connectivity index (χ2v) is 6.28. The van der Waals surface area contributed by atoms with Crippen molar-refractivity contribution in [3.05, 3.63) is 45.8 Å². The zero-order valence-electron chi connectivity index (χ0n) is 11.4. The molecule has 0 unspecified atom stereocenters. The SMILES string of the molecule is CCc1nn(C)c(Cn2ccnc2-c2cccs2)c1Br. The van der Waals surface area contributed by atoms with Crippen molar-refractivity contribution in [2.45, 2.75) is 19.9 Å². The molecule has 0 spiro atoms. The number of aromatic nitrogens is 4. The topological polar surface area (TPSA) is 35.6 Å². The molecule has 0 fully saturated rings. The van der Waals surface area contributed by atoms with Crippen molar-refractivity contribution < 1.29 is 0 Å².